The zero-order chi connectivity index (χ0) is 19.3. The van der Waals surface area contributed by atoms with Crippen molar-refractivity contribution < 1.29 is 21.9 Å². The molecular weight excluding hydrogens is 376 g/mol. The quantitative estimate of drug-likeness (QED) is 0.775. The minimum atomic E-state index is -3.51. The molecule has 1 aromatic carbocycles. The maximum atomic E-state index is 12.6. The Bertz CT molecular complexity index is 854. The highest BCUT2D eigenvalue weighted by Gasteiger charge is 2.26. The Hall–Kier alpha value is -2.26. The fourth-order valence-corrected chi connectivity index (χ4v) is 4.38. The monoisotopic (exact) mass is 397 g/mol. The second-order valence-corrected chi connectivity index (χ2v) is 8.16. The Morgan fingerprint density at radius 1 is 1.15 bits per heavy atom. The first kappa shape index (κ1) is 19.5. The van der Waals surface area contributed by atoms with Gasteiger partial charge in [-0.1, -0.05) is 18.6 Å². The van der Waals surface area contributed by atoms with E-state index in [4.69, 9.17) is 0 Å². The number of nitrogens with one attached hydrogen (secondary N) is 1. The molecule has 0 amide bonds. The van der Waals surface area contributed by atoms with Crippen molar-refractivity contribution in [1.82, 2.24) is 9.29 Å². The van der Waals surface area contributed by atoms with E-state index < -0.39 is 16.6 Å². The van der Waals surface area contributed by atoms with E-state index in [1.165, 1.54) is 28.7 Å². The van der Waals surface area contributed by atoms with E-state index in [0.717, 1.165) is 24.8 Å². The number of ether oxygens (including phenoxy) is 1. The number of nitrogens with zero attached hydrogens (tertiary/aromatic N) is 2. The summed E-state index contributed by atoms with van der Waals surface area (Å²) in [7, 11) is -3.51. The van der Waals surface area contributed by atoms with Gasteiger partial charge in [0, 0.05) is 25.8 Å². The van der Waals surface area contributed by atoms with Gasteiger partial charge in [0.25, 0.3) is 0 Å². The van der Waals surface area contributed by atoms with Crippen molar-refractivity contribution in [2.45, 2.75) is 37.3 Å². The molecule has 9 heteroatoms. The van der Waals surface area contributed by atoms with Gasteiger partial charge in [-0.3, -0.25) is 0 Å². The predicted molar refractivity (Wildman–Crippen MR) is 97.2 cm³/mol. The third kappa shape index (κ3) is 5.14. The number of piperidine rings is 1. The minimum absolute atomic E-state index is 0.0835. The Kier molecular flexibility index (Phi) is 6.22. The molecule has 0 bridgehead atoms. The van der Waals surface area contributed by atoms with Crippen LogP contribution in [0.3, 0.4) is 0 Å². The zero-order valence-corrected chi connectivity index (χ0v) is 15.5. The number of sulfonamides is 1. The molecule has 3 rings (SSSR count). The standard InChI is InChI=1S/C18H21F2N3O3S/c19-18(20)26-15-6-4-5-14(11-15)12-21-17-8-7-16(13-22-17)27(24,25)23-9-2-1-3-10-23/h4-8,11,13,18H,1-3,9-10,12H2,(H,21,22). The molecule has 0 radical (unpaired) electrons. The van der Waals surface area contributed by atoms with Crippen LogP contribution in [0, 0.1) is 0 Å². The summed E-state index contributed by atoms with van der Waals surface area (Å²) in [6.45, 7) is -1.45. The summed E-state index contributed by atoms with van der Waals surface area (Å²) in [5.41, 5.74) is 0.736. The van der Waals surface area contributed by atoms with E-state index >= 15 is 0 Å². The van der Waals surface area contributed by atoms with Crippen molar-refractivity contribution >= 4 is 15.8 Å². The van der Waals surface area contributed by atoms with Crippen LogP contribution in [-0.4, -0.2) is 37.4 Å². The number of pyridine rings is 1. The first-order valence-corrected chi connectivity index (χ1v) is 10.1. The van der Waals surface area contributed by atoms with Crippen molar-refractivity contribution in [2.75, 3.05) is 18.4 Å². The predicted octanol–water partition coefficient (Wildman–Crippen LogP) is 3.47. The molecule has 1 saturated heterocycles. The molecule has 0 aliphatic carbocycles. The fourth-order valence-electron chi connectivity index (χ4n) is 2.92. The van der Waals surface area contributed by atoms with Gasteiger partial charge in [0.2, 0.25) is 10.0 Å². The number of anilines is 1. The lowest BCUT2D eigenvalue weighted by Gasteiger charge is -2.25. The number of rotatable bonds is 7. The highest BCUT2D eigenvalue weighted by Crippen LogP contribution is 2.21. The van der Waals surface area contributed by atoms with Crippen LogP contribution >= 0.6 is 0 Å². The highest BCUT2D eigenvalue weighted by atomic mass is 32.2. The largest absolute Gasteiger partial charge is 0.435 e. The third-order valence-electron chi connectivity index (χ3n) is 4.29. The normalized spacial score (nSPS) is 15.7. The van der Waals surface area contributed by atoms with Crippen molar-refractivity contribution in [3.8, 4) is 5.75 Å². The molecule has 2 heterocycles. The number of hydrogen-bond donors (Lipinski definition) is 1. The summed E-state index contributed by atoms with van der Waals surface area (Å²) in [5.74, 6) is 0.577. The fraction of sp³-hybridized carbons (Fsp3) is 0.389. The van der Waals surface area contributed by atoms with E-state index in [9.17, 15) is 17.2 Å². The zero-order valence-electron chi connectivity index (χ0n) is 14.6. The van der Waals surface area contributed by atoms with Crippen molar-refractivity contribution in [3.05, 3.63) is 48.2 Å². The van der Waals surface area contributed by atoms with E-state index in [-0.39, 0.29) is 10.6 Å². The lowest BCUT2D eigenvalue weighted by Crippen LogP contribution is -2.35. The van der Waals surface area contributed by atoms with Crippen molar-refractivity contribution in [2.24, 2.45) is 0 Å². The highest BCUT2D eigenvalue weighted by molar-refractivity contribution is 7.89. The Morgan fingerprint density at radius 2 is 1.93 bits per heavy atom. The summed E-state index contributed by atoms with van der Waals surface area (Å²) < 4.78 is 55.6. The maximum Gasteiger partial charge on any atom is 0.387 e. The van der Waals surface area contributed by atoms with Gasteiger partial charge >= 0.3 is 6.61 Å². The number of aromatic nitrogens is 1. The molecule has 27 heavy (non-hydrogen) atoms. The molecule has 1 aliphatic heterocycles. The minimum Gasteiger partial charge on any atom is -0.435 e. The van der Waals surface area contributed by atoms with Gasteiger partial charge in [0.1, 0.15) is 16.5 Å². The van der Waals surface area contributed by atoms with Gasteiger partial charge in [-0.05, 0) is 42.7 Å². The lowest BCUT2D eigenvalue weighted by atomic mass is 10.2. The van der Waals surface area contributed by atoms with Crippen LogP contribution in [-0.2, 0) is 16.6 Å². The average molecular weight is 397 g/mol. The molecule has 146 valence electrons. The first-order chi connectivity index (χ1) is 12.9. The first-order valence-electron chi connectivity index (χ1n) is 8.69. The van der Waals surface area contributed by atoms with Crippen LogP contribution < -0.4 is 10.1 Å². The molecule has 2 aromatic rings. The van der Waals surface area contributed by atoms with Crippen molar-refractivity contribution in [1.29, 1.82) is 0 Å². The molecule has 0 atom stereocenters. The van der Waals surface area contributed by atoms with E-state index in [0.29, 0.717) is 25.5 Å². The van der Waals surface area contributed by atoms with Gasteiger partial charge in [-0.2, -0.15) is 13.1 Å². The molecule has 1 aromatic heterocycles. The number of alkyl halides is 2. The Balaban J connectivity index is 1.62. The summed E-state index contributed by atoms with van der Waals surface area (Å²) >= 11 is 0. The molecular formula is C18H21F2N3O3S. The molecule has 1 N–H and O–H groups in total. The van der Waals surface area contributed by atoms with E-state index in [1.807, 2.05) is 0 Å². The summed E-state index contributed by atoms with van der Waals surface area (Å²) in [6.07, 6.45) is 4.14. The van der Waals surface area contributed by atoms with Crippen LogP contribution in [0.1, 0.15) is 24.8 Å². The maximum absolute atomic E-state index is 12.6. The SMILES string of the molecule is O=S(=O)(c1ccc(NCc2cccc(OC(F)F)c2)nc1)N1CCCCC1. The smallest absolute Gasteiger partial charge is 0.387 e. The molecule has 0 saturated carbocycles. The van der Waals surface area contributed by atoms with E-state index in [2.05, 4.69) is 15.0 Å². The van der Waals surface area contributed by atoms with Gasteiger partial charge in [-0.15, -0.1) is 0 Å². The van der Waals surface area contributed by atoms with Gasteiger partial charge < -0.3 is 10.1 Å². The van der Waals surface area contributed by atoms with Gasteiger partial charge in [0.05, 0.1) is 0 Å². The molecule has 0 spiro atoms. The van der Waals surface area contributed by atoms with Crippen LogP contribution in [0.15, 0.2) is 47.5 Å². The number of halogens is 2. The molecule has 1 aliphatic rings. The average Bonchev–Trinajstić information content (AvgIpc) is 2.67. The lowest BCUT2D eigenvalue weighted by molar-refractivity contribution is -0.0498. The number of benzene rings is 1. The number of hydrogen-bond acceptors (Lipinski definition) is 5. The summed E-state index contributed by atoms with van der Waals surface area (Å²) in [6, 6.07) is 9.46. The van der Waals surface area contributed by atoms with Crippen molar-refractivity contribution in [3.63, 3.8) is 0 Å². The second-order valence-electron chi connectivity index (χ2n) is 6.22. The third-order valence-corrected chi connectivity index (χ3v) is 6.17. The van der Waals surface area contributed by atoms with E-state index in [1.54, 1.807) is 18.2 Å². The molecule has 0 unspecified atom stereocenters. The van der Waals surface area contributed by atoms with Gasteiger partial charge in [-0.25, -0.2) is 13.4 Å². The summed E-state index contributed by atoms with van der Waals surface area (Å²) in [5, 5.41) is 3.04. The summed E-state index contributed by atoms with van der Waals surface area (Å²) in [4.78, 5) is 4.33. The second kappa shape index (κ2) is 8.62. The van der Waals surface area contributed by atoms with Crippen LogP contribution in [0.4, 0.5) is 14.6 Å². The van der Waals surface area contributed by atoms with Gasteiger partial charge in [0.15, 0.2) is 0 Å². The Morgan fingerprint density at radius 3 is 2.59 bits per heavy atom. The van der Waals surface area contributed by atoms with Crippen LogP contribution in [0.2, 0.25) is 0 Å². The van der Waals surface area contributed by atoms with Crippen LogP contribution in [0.25, 0.3) is 0 Å². The topological polar surface area (TPSA) is 71.5 Å². The molecule has 1 fully saturated rings. The van der Waals surface area contributed by atoms with Crippen LogP contribution in [0.5, 0.6) is 5.75 Å². The Labute approximate surface area is 157 Å². The molecule has 6 nitrogen and oxygen atoms in total.